The zero-order chi connectivity index (χ0) is 25.8. The minimum absolute atomic E-state index is 0.0345. The predicted molar refractivity (Wildman–Crippen MR) is 147 cm³/mol. The summed E-state index contributed by atoms with van der Waals surface area (Å²) in [6.07, 6.45) is 8.98. The summed E-state index contributed by atoms with van der Waals surface area (Å²) in [7, 11) is 0. The molecule has 2 aliphatic heterocycles. The van der Waals surface area contributed by atoms with E-state index in [4.69, 9.17) is 21.3 Å². The molecule has 1 aromatic heterocycles. The van der Waals surface area contributed by atoms with E-state index in [9.17, 15) is 4.79 Å². The van der Waals surface area contributed by atoms with Crippen molar-refractivity contribution in [2.24, 2.45) is 5.41 Å². The molecule has 1 aromatic carbocycles. The molecule has 2 saturated heterocycles. The van der Waals surface area contributed by atoms with Crippen LogP contribution in [0.3, 0.4) is 0 Å². The molecule has 2 aliphatic rings. The second-order valence-electron chi connectivity index (χ2n) is 11.1. The number of carbonyl (C=O) groups is 1. The second kappa shape index (κ2) is 11.5. The number of alkyl carbamates (subject to hydrolysis) is 1. The summed E-state index contributed by atoms with van der Waals surface area (Å²) in [6, 6.07) is 6.23. The Labute approximate surface area is 224 Å². The Kier molecular flexibility index (Phi) is 8.56. The zero-order valence-electron chi connectivity index (χ0n) is 21.8. The molecule has 7 nitrogen and oxygen atoms in total. The van der Waals surface area contributed by atoms with Gasteiger partial charge in [0.2, 0.25) is 0 Å². The van der Waals surface area contributed by atoms with E-state index in [-0.39, 0.29) is 11.5 Å². The normalized spacial score (nSPS) is 18.1. The quantitative estimate of drug-likeness (QED) is 0.462. The van der Waals surface area contributed by atoms with Crippen LogP contribution >= 0.6 is 23.4 Å². The molecule has 1 amide bonds. The van der Waals surface area contributed by atoms with E-state index in [0.29, 0.717) is 6.54 Å². The number of nitrogens with one attached hydrogen (secondary N) is 1. The number of aromatic nitrogens is 2. The van der Waals surface area contributed by atoms with Crippen molar-refractivity contribution in [3.05, 3.63) is 35.6 Å². The van der Waals surface area contributed by atoms with Gasteiger partial charge in [0.1, 0.15) is 16.4 Å². The highest BCUT2D eigenvalue weighted by Gasteiger charge is 2.31. The number of carbonyl (C=O) groups excluding carboxylic acids is 1. The first-order chi connectivity index (χ1) is 17.1. The Balaban J connectivity index is 1.31. The van der Waals surface area contributed by atoms with E-state index in [0.717, 1.165) is 65.5 Å². The number of amides is 1. The van der Waals surface area contributed by atoms with Gasteiger partial charge < -0.3 is 19.9 Å². The van der Waals surface area contributed by atoms with Gasteiger partial charge in [-0.3, -0.25) is 0 Å². The highest BCUT2D eigenvalue weighted by Crippen LogP contribution is 2.39. The van der Waals surface area contributed by atoms with Gasteiger partial charge >= 0.3 is 6.09 Å². The zero-order valence-corrected chi connectivity index (χ0v) is 23.4. The standard InChI is InChI=1S/C27H38ClN5O2S/c1-26(2,3)35-25(34)31-19-27(4)11-15-33(16-12-27)22-17-30-23(18-29-22)36-21-10-8-9-20(24(21)28)32-13-6-5-7-14-32/h8-10,17-18H,5-7,11-16,19H2,1-4H3,(H,31,34). The Morgan fingerprint density at radius 1 is 1.08 bits per heavy atom. The van der Waals surface area contributed by atoms with Crippen LogP contribution in [0.1, 0.15) is 59.8 Å². The summed E-state index contributed by atoms with van der Waals surface area (Å²) < 4.78 is 5.37. The Morgan fingerprint density at radius 3 is 2.44 bits per heavy atom. The van der Waals surface area contributed by atoms with Gasteiger partial charge in [0, 0.05) is 37.6 Å². The number of hydrogen-bond acceptors (Lipinski definition) is 7. The maximum atomic E-state index is 12.0. The van der Waals surface area contributed by atoms with Crippen molar-refractivity contribution in [1.29, 1.82) is 0 Å². The molecule has 3 heterocycles. The lowest BCUT2D eigenvalue weighted by atomic mass is 9.80. The SMILES string of the molecule is CC1(CNC(=O)OC(C)(C)C)CCN(c2cnc(Sc3cccc(N4CCCCC4)c3Cl)cn2)CC1. The van der Waals surface area contributed by atoms with Crippen molar-refractivity contribution in [3.8, 4) is 0 Å². The molecule has 0 atom stereocenters. The summed E-state index contributed by atoms with van der Waals surface area (Å²) in [6.45, 7) is 12.3. The van der Waals surface area contributed by atoms with Crippen molar-refractivity contribution in [3.63, 3.8) is 0 Å². The van der Waals surface area contributed by atoms with E-state index in [1.807, 2.05) is 39.2 Å². The van der Waals surface area contributed by atoms with Gasteiger partial charge in [0.15, 0.2) is 0 Å². The summed E-state index contributed by atoms with van der Waals surface area (Å²) in [5.74, 6) is 0.884. The van der Waals surface area contributed by atoms with Crippen LogP contribution in [0.2, 0.25) is 5.02 Å². The number of nitrogens with zero attached hydrogens (tertiary/aromatic N) is 4. The number of halogens is 1. The Morgan fingerprint density at radius 2 is 1.81 bits per heavy atom. The van der Waals surface area contributed by atoms with Gasteiger partial charge in [-0.05, 0) is 70.4 Å². The second-order valence-corrected chi connectivity index (χ2v) is 12.5. The van der Waals surface area contributed by atoms with Crippen LogP contribution < -0.4 is 15.1 Å². The molecule has 36 heavy (non-hydrogen) atoms. The first-order valence-electron chi connectivity index (χ1n) is 12.9. The van der Waals surface area contributed by atoms with E-state index in [1.54, 1.807) is 11.8 Å². The molecule has 0 radical (unpaired) electrons. The highest BCUT2D eigenvalue weighted by atomic mass is 35.5. The summed E-state index contributed by atoms with van der Waals surface area (Å²) >= 11 is 8.35. The Bertz CT molecular complexity index is 1030. The van der Waals surface area contributed by atoms with Gasteiger partial charge in [0.05, 0.1) is 23.1 Å². The fourth-order valence-corrected chi connectivity index (χ4v) is 5.79. The monoisotopic (exact) mass is 531 g/mol. The molecule has 0 bridgehead atoms. The van der Waals surface area contributed by atoms with Gasteiger partial charge in [-0.2, -0.15) is 0 Å². The number of rotatable bonds is 6. The third-order valence-corrected chi connectivity index (χ3v) is 8.31. The lowest BCUT2D eigenvalue weighted by Gasteiger charge is -2.40. The minimum atomic E-state index is -0.487. The molecule has 0 unspecified atom stereocenters. The number of anilines is 2. The molecule has 2 aromatic rings. The van der Waals surface area contributed by atoms with Crippen molar-refractivity contribution in [2.45, 2.75) is 75.3 Å². The van der Waals surface area contributed by atoms with Crippen LogP contribution in [-0.4, -0.2) is 54.4 Å². The molecule has 9 heteroatoms. The van der Waals surface area contributed by atoms with E-state index in [1.165, 1.54) is 19.3 Å². The van der Waals surface area contributed by atoms with E-state index in [2.05, 4.69) is 39.2 Å². The van der Waals surface area contributed by atoms with Crippen LogP contribution in [0, 0.1) is 5.41 Å². The molecular weight excluding hydrogens is 494 g/mol. The van der Waals surface area contributed by atoms with Crippen molar-refractivity contribution in [1.82, 2.24) is 15.3 Å². The first-order valence-corrected chi connectivity index (χ1v) is 14.1. The minimum Gasteiger partial charge on any atom is -0.444 e. The van der Waals surface area contributed by atoms with Crippen LogP contribution in [-0.2, 0) is 4.74 Å². The summed E-state index contributed by atoms with van der Waals surface area (Å²) in [5, 5.41) is 4.57. The van der Waals surface area contributed by atoms with Crippen LogP contribution in [0.5, 0.6) is 0 Å². The van der Waals surface area contributed by atoms with Crippen LogP contribution in [0.4, 0.5) is 16.3 Å². The number of piperidine rings is 2. The molecule has 4 rings (SSSR count). The fraction of sp³-hybridized carbons (Fsp3) is 0.593. The lowest BCUT2D eigenvalue weighted by Crippen LogP contribution is -2.45. The molecule has 0 saturated carbocycles. The topological polar surface area (TPSA) is 70.6 Å². The maximum absolute atomic E-state index is 12.0. The van der Waals surface area contributed by atoms with Gasteiger partial charge in [-0.25, -0.2) is 14.8 Å². The van der Waals surface area contributed by atoms with Gasteiger partial charge in [-0.15, -0.1) is 0 Å². The van der Waals surface area contributed by atoms with Gasteiger partial charge in [0.25, 0.3) is 0 Å². The van der Waals surface area contributed by atoms with E-state index < -0.39 is 5.60 Å². The van der Waals surface area contributed by atoms with E-state index >= 15 is 0 Å². The average Bonchev–Trinajstić information content (AvgIpc) is 2.85. The van der Waals surface area contributed by atoms with Crippen molar-refractivity contribution >= 4 is 41.0 Å². The molecule has 0 spiro atoms. The summed E-state index contributed by atoms with van der Waals surface area (Å²) in [4.78, 5) is 27.1. The number of benzene rings is 1. The van der Waals surface area contributed by atoms with Crippen molar-refractivity contribution in [2.75, 3.05) is 42.5 Å². The maximum Gasteiger partial charge on any atom is 0.407 e. The molecule has 1 N–H and O–H groups in total. The smallest absolute Gasteiger partial charge is 0.407 e. The third kappa shape index (κ3) is 7.19. The predicted octanol–water partition coefficient (Wildman–Crippen LogP) is 6.40. The lowest BCUT2D eigenvalue weighted by molar-refractivity contribution is 0.0495. The largest absolute Gasteiger partial charge is 0.444 e. The number of ether oxygens (including phenoxy) is 1. The number of hydrogen-bond donors (Lipinski definition) is 1. The van der Waals surface area contributed by atoms with Crippen molar-refractivity contribution < 1.29 is 9.53 Å². The first kappa shape index (κ1) is 26.9. The molecule has 2 fully saturated rings. The third-order valence-electron chi connectivity index (χ3n) is 6.82. The molecule has 0 aliphatic carbocycles. The highest BCUT2D eigenvalue weighted by molar-refractivity contribution is 7.99. The van der Waals surface area contributed by atoms with Gasteiger partial charge in [-0.1, -0.05) is 36.4 Å². The fourth-order valence-electron chi connectivity index (χ4n) is 4.65. The molecule has 196 valence electrons. The Hall–Kier alpha value is -2.19. The van der Waals surface area contributed by atoms with Crippen LogP contribution in [0.15, 0.2) is 40.5 Å². The van der Waals surface area contributed by atoms with Crippen LogP contribution in [0.25, 0.3) is 0 Å². The summed E-state index contributed by atoms with van der Waals surface area (Å²) in [5.41, 5.74) is 0.662. The molecular formula is C27H38ClN5O2S. The average molecular weight is 532 g/mol.